The average molecular weight is 753 g/mol. The number of carbonyl (C=O) groups is 4. The number of aliphatic hydroxyl groups excluding tert-OH is 2. The topological polar surface area (TPSA) is 146 Å². The van der Waals surface area contributed by atoms with Gasteiger partial charge in [0.05, 0.1) is 10.8 Å². The molecule has 3 unspecified atom stereocenters. The van der Waals surface area contributed by atoms with Crippen molar-refractivity contribution < 1.29 is 29.4 Å². The van der Waals surface area contributed by atoms with Crippen LogP contribution in [0.2, 0.25) is 0 Å². The second kappa shape index (κ2) is 9.23. The van der Waals surface area contributed by atoms with E-state index in [0.29, 0.717) is 22.5 Å². The molecule has 2 aromatic carbocycles. The van der Waals surface area contributed by atoms with Gasteiger partial charge in [-0.2, -0.15) is 0 Å². The highest BCUT2D eigenvalue weighted by atomic mass is 33.1. The fourth-order valence-corrected chi connectivity index (χ4v) is 19.4. The third-order valence-corrected chi connectivity index (χ3v) is 20.9. The molecule has 12 nitrogen and oxygen atoms in total. The van der Waals surface area contributed by atoms with Crippen molar-refractivity contribution in [2.24, 2.45) is 11.8 Å². The molecule has 0 radical (unpaired) electrons. The summed E-state index contributed by atoms with van der Waals surface area (Å²) in [7, 11) is 8.25. The van der Waals surface area contributed by atoms with Crippen LogP contribution in [-0.2, 0) is 30.0 Å². The van der Waals surface area contributed by atoms with Gasteiger partial charge in [-0.15, -0.1) is 0 Å². The van der Waals surface area contributed by atoms with Crippen molar-refractivity contribution in [2.45, 2.75) is 82.5 Å². The standard InChI is InChI=1S/C34H36N6O6S4/c1-15(2)31-27(45)39-23-29(17-11-7-9-13-19(17)35-23,21(41)33(39,49-47-31)25(43)37(31)5)30-18-12-8-10-14-20(18)36-24(30)40-28(46)32(16(3)4)38(6)26(44)34(40,22(30)42)50-48-32/h7-16,21-24,35-36,41-42H,1-6H3/t21-,22-,23-,24+,29?,30+,31-,32+,33?,34?/m0/s1. The Hall–Kier alpha value is -2.76. The van der Waals surface area contributed by atoms with Crippen molar-refractivity contribution in [1.29, 1.82) is 0 Å². The number of nitrogens with one attached hydrogen (secondary N) is 2. The number of fused-ring (bicyclic) bond motifs is 11. The van der Waals surface area contributed by atoms with E-state index in [4.69, 9.17) is 0 Å². The highest BCUT2D eigenvalue weighted by molar-refractivity contribution is 8.78. The number of anilines is 2. The number of rotatable bonds is 3. The summed E-state index contributed by atoms with van der Waals surface area (Å²) in [5.74, 6) is -1.97. The maximum atomic E-state index is 15.2. The van der Waals surface area contributed by atoms with Crippen molar-refractivity contribution in [3.05, 3.63) is 59.7 Å². The monoisotopic (exact) mass is 752 g/mol. The third-order valence-electron chi connectivity index (χ3n) is 13.1. The van der Waals surface area contributed by atoms with Gasteiger partial charge in [0.1, 0.15) is 24.5 Å². The molecule has 10 aliphatic rings. The van der Waals surface area contributed by atoms with E-state index in [1.165, 1.54) is 53.0 Å². The van der Waals surface area contributed by atoms with Crippen molar-refractivity contribution in [3.63, 3.8) is 0 Å². The van der Waals surface area contributed by atoms with Crippen LogP contribution in [0.15, 0.2) is 48.5 Å². The second-order valence-corrected chi connectivity index (χ2v) is 20.4. The lowest BCUT2D eigenvalue weighted by molar-refractivity contribution is -0.169. The van der Waals surface area contributed by atoms with E-state index in [-0.39, 0.29) is 23.7 Å². The summed E-state index contributed by atoms with van der Waals surface area (Å²) >= 11 is 0. The number of hydrogen-bond acceptors (Lipinski definition) is 12. The van der Waals surface area contributed by atoms with Crippen LogP contribution in [0.1, 0.15) is 38.8 Å². The molecule has 0 aromatic heterocycles. The van der Waals surface area contributed by atoms with E-state index in [2.05, 4.69) is 10.6 Å². The van der Waals surface area contributed by atoms with Gasteiger partial charge in [0.25, 0.3) is 23.6 Å². The number of hydrogen-bond donors (Lipinski definition) is 4. The van der Waals surface area contributed by atoms with Crippen molar-refractivity contribution in [2.75, 3.05) is 24.7 Å². The molecule has 4 amide bonds. The van der Waals surface area contributed by atoms with E-state index in [9.17, 15) is 19.8 Å². The summed E-state index contributed by atoms with van der Waals surface area (Å²) in [6.07, 6.45) is -5.27. The van der Waals surface area contributed by atoms with Crippen LogP contribution in [0, 0.1) is 11.8 Å². The lowest BCUT2D eigenvalue weighted by Gasteiger charge is -2.60. The fourth-order valence-electron chi connectivity index (χ4n) is 11.0. The van der Waals surface area contributed by atoms with Gasteiger partial charge in [0.15, 0.2) is 9.74 Å². The summed E-state index contributed by atoms with van der Waals surface area (Å²) in [6.45, 7) is 7.66. The Morgan fingerprint density at radius 2 is 0.960 bits per heavy atom. The Labute approximate surface area is 304 Å². The zero-order valence-electron chi connectivity index (χ0n) is 28.0. The molecule has 4 bridgehead atoms. The summed E-state index contributed by atoms with van der Waals surface area (Å²) < 4.78 is 0. The Kier molecular flexibility index (Phi) is 5.90. The molecule has 8 saturated heterocycles. The SMILES string of the molecule is CC(C)[C@@]12SSC3(C(=O)N1C)[C@@H](O)C1([C@@]45c6ccccc6N[C@@H]4N4C(=O)[C@@]6(C(C)C)SSC4(C(=O)N6C)[C@H]5O)c4ccccc4N[C@H]1N3C2=O. The number of nitrogens with zero attached hydrogens (tertiary/aromatic N) is 4. The highest BCUT2D eigenvalue weighted by Gasteiger charge is 2.93. The number of piperazine rings is 2. The van der Waals surface area contributed by atoms with Crippen molar-refractivity contribution in [1.82, 2.24) is 19.6 Å². The molecule has 2 spiro atoms. The molecule has 10 atom stereocenters. The molecule has 0 saturated carbocycles. The molecule has 10 heterocycles. The molecule has 16 heteroatoms. The van der Waals surface area contributed by atoms with Gasteiger partial charge >= 0.3 is 0 Å². The second-order valence-electron chi connectivity index (χ2n) is 15.2. The lowest BCUT2D eigenvalue weighted by Crippen LogP contribution is -2.79. The van der Waals surface area contributed by atoms with Gasteiger partial charge in [-0.25, -0.2) is 0 Å². The fraction of sp³-hybridized carbons (Fsp3) is 0.529. The van der Waals surface area contributed by atoms with Gasteiger partial charge < -0.3 is 30.6 Å². The van der Waals surface area contributed by atoms with Gasteiger partial charge in [0, 0.05) is 25.5 Å². The van der Waals surface area contributed by atoms with Crippen LogP contribution in [0.3, 0.4) is 0 Å². The maximum absolute atomic E-state index is 15.2. The van der Waals surface area contributed by atoms with Crippen LogP contribution >= 0.6 is 43.2 Å². The van der Waals surface area contributed by atoms with Crippen LogP contribution in [0.25, 0.3) is 0 Å². The number of aliphatic hydroxyl groups is 2. The Morgan fingerprint density at radius 3 is 1.32 bits per heavy atom. The Bertz CT molecular complexity index is 1870. The minimum absolute atomic E-state index is 0.276. The van der Waals surface area contributed by atoms with Crippen LogP contribution in [0.4, 0.5) is 11.4 Å². The predicted octanol–water partition coefficient (Wildman–Crippen LogP) is 2.60. The highest BCUT2D eigenvalue weighted by Crippen LogP contribution is 2.79. The largest absolute Gasteiger partial charge is 0.388 e. The quantitative estimate of drug-likeness (QED) is 0.342. The third kappa shape index (κ3) is 2.67. The molecular weight excluding hydrogens is 717 g/mol. The zero-order chi connectivity index (χ0) is 35.3. The normalized spacial score (nSPS) is 44.4. The van der Waals surface area contributed by atoms with E-state index >= 15 is 9.59 Å². The van der Waals surface area contributed by atoms with Gasteiger partial charge in [-0.3, -0.25) is 29.0 Å². The average Bonchev–Trinajstić information content (AvgIpc) is 3.74. The number of carbonyl (C=O) groups excluding carboxylic acids is 4. The smallest absolute Gasteiger partial charge is 0.264 e. The van der Waals surface area contributed by atoms with Crippen molar-refractivity contribution in [3.8, 4) is 0 Å². The summed E-state index contributed by atoms with van der Waals surface area (Å²) in [5.41, 5.74) is -0.799. The van der Waals surface area contributed by atoms with Crippen molar-refractivity contribution >= 4 is 78.2 Å². The Morgan fingerprint density at radius 1 is 0.600 bits per heavy atom. The number of para-hydroxylation sites is 2. The lowest BCUT2D eigenvalue weighted by atomic mass is 9.52. The molecular formula is C34H36N6O6S4. The molecule has 50 heavy (non-hydrogen) atoms. The molecule has 4 N–H and O–H groups in total. The first-order chi connectivity index (χ1) is 23.7. The number of amides is 4. The van der Waals surface area contributed by atoms with Gasteiger partial charge in [-0.1, -0.05) is 85.7 Å². The van der Waals surface area contributed by atoms with E-state index in [1.54, 1.807) is 23.9 Å². The summed E-state index contributed by atoms with van der Waals surface area (Å²) in [6, 6.07) is 14.9. The number of benzene rings is 2. The van der Waals surface area contributed by atoms with Crippen LogP contribution in [-0.4, -0.2) is 112 Å². The van der Waals surface area contributed by atoms with E-state index in [0.717, 1.165) is 0 Å². The van der Waals surface area contributed by atoms with Gasteiger partial charge in [0.2, 0.25) is 9.74 Å². The first kappa shape index (κ1) is 31.9. The van der Waals surface area contributed by atoms with Crippen LogP contribution < -0.4 is 10.6 Å². The first-order valence-electron chi connectivity index (χ1n) is 16.8. The molecule has 262 valence electrons. The molecule has 2 aromatic rings. The maximum Gasteiger partial charge on any atom is 0.264 e. The van der Waals surface area contributed by atoms with E-state index in [1.807, 2.05) is 76.2 Å². The minimum Gasteiger partial charge on any atom is -0.388 e. The first-order valence-corrected chi connectivity index (χ1v) is 21.1. The summed E-state index contributed by atoms with van der Waals surface area (Å²) in [4.78, 5) is 60.2. The molecule has 0 aliphatic carbocycles. The Balaban J connectivity index is 1.33. The molecule has 12 rings (SSSR count). The predicted molar refractivity (Wildman–Crippen MR) is 193 cm³/mol. The molecule has 10 aliphatic heterocycles. The zero-order valence-corrected chi connectivity index (χ0v) is 31.3. The molecule has 8 fully saturated rings. The van der Waals surface area contributed by atoms with E-state index < -0.39 is 66.7 Å². The number of likely N-dealkylation sites (N-methyl/N-ethyl adjacent to an activating group) is 2. The van der Waals surface area contributed by atoms with Gasteiger partial charge in [-0.05, 0) is 56.7 Å². The van der Waals surface area contributed by atoms with Crippen LogP contribution in [0.5, 0.6) is 0 Å². The summed E-state index contributed by atoms with van der Waals surface area (Å²) in [5, 5.41) is 34.2. The minimum atomic E-state index is -1.78.